The minimum atomic E-state index is -0.248. The molecule has 0 radical (unpaired) electrons. The molecule has 1 aromatic carbocycles. The van der Waals surface area contributed by atoms with E-state index in [-0.39, 0.29) is 34.6 Å². The molecule has 0 spiro atoms. The third kappa shape index (κ3) is 5.43. The molecule has 2 aromatic rings. The van der Waals surface area contributed by atoms with Crippen LogP contribution in [0.5, 0.6) is 5.88 Å². The molecule has 8 heteroatoms. The quantitative estimate of drug-likeness (QED) is 0.734. The second-order valence-electron chi connectivity index (χ2n) is 10.1. The number of aromatic nitrogens is 2. The van der Waals surface area contributed by atoms with Crippen molar-refractivity contribution in [2.24, 2.45) is 5.92 Å². The van der Waals surface area contributed by atoms with Crippen LogP contribution < -0.4 is 20.7 Å². The Bertz CT molecular complexity index is 1010. The van der Waals surface area contributed by atoms with Crippen LogP contribution >= 0.6 is 0 Å². The zero-order valence-corrected chi connectivity index (χ0v) is 19.6. The molecule has 8 nitrogen and oxygen atoms in total. The zero-order valence-electron chi connectivity index (χ0n) is 19.6. The topological polar surface area (TPSA) is 110 Å². The highest BCUT2D eigenvalue weighted by Gasteiger charge is 2.29. The van der Waals surface area contributed by atoms with Crippen molar-refractivity contribution in [3.05, 3.63) is 41.7 Å². The Morgan fingerprint density at radius 3 is 2.52 bits per heavy atom. The van der Waals surface area contributed by atoms with E-state index in [0.29, 0.717) is 31.4 Å². The van der Waals surface area contributed by atoms with Crippen molar-refractivity contribution < 1.29 is 14.3 Å². The lowest BCUT2D eigenvalue weighted by Gasteiger charge is -2.30. The molecule has 2 aliphatic rings. The first-order chi connectivity index (χ1) is 15.7. The molecule has 176 valence electrons. The highest BCUT2D eigenvalue weighted by molar-refractivity contribution is 6.10. The largest absolute Gasteiger partial charge is 0.475 e. The Kier molecular flexibility index (Phi) is 6.54. The number of carbonyl (C=O) groups is 2. The number of anilines is 2. The van der Waals surface area contributed by atoms with Crippen LogP contribution in [0, 0.1) is 5.92 Å². The molecule has 3 N–H and O–H groups in total. The number of carbonyl (C=O) groups excluding carboxylic acids is 2. The monoisotopic (exact) mass is 451 g/mol. The number of benzene rings is 1. The van der Waals surface area contributed by atoms with Gasteiger partial charge in [-0.1, -0.05) is 12.1 Å². The van der Waals surface area contributed by atoms with Crippen LogP contribution in [0.3, 0.4) is 0 Å². The number of hydrogen-bond donors (Lipinski definition) is 2. The molecule has 33 heavy (non-hydrogen) atoms. The second kappa shape index (κ2) is 9.37. The average molecular weight is 452 g/mol. The van der Waals surface area contributed by atoms with Gasteiger partial charge in [-0.05, 0) is 76.0 Å². The van der Waals surface area contributed by atoms with Gasteiger partial charge in [0.2, 0.25) is 11.8 Å². The van der Waals surface area contributed by atoms with Crippen LogP contribution in [0.4, 0.5) is 11.5 Å². The first kappa shape index (κ1) is 23.0. The summed E-state index contributed by atoms with van der Waals surface area (Å²) in [5, 5.41) is 3.07. The predicted molar refractivity (Wildman–Crippen MR) is 127 cm³/mol. The zero-order chi connectivity index (χ0) is 23.6. The first-order valence-corrected chi connectivity index (χ1v) is 11.7. The van der Waals surface area contributed by atoms with Crippen molar-refractivity contribution in [3.8, 4) is 5.88 Å². The van der Waals surface area contributed by atoms with Gasteiger partial charge in [0, 0.05) is 17.6 Å². The molecule has 1 fully saturated rings. The average Bonchev–Trinajstić information content (AvgIpc) is 2.93. The summed E-state index contributed by atoms with van der Waals surface area (Å²) < 4.78 is 5.61. The van der Waals surface area contributed by atoms with E-state index in [1.807, 2.05) is 32.9 Å². The van der Waals surface area contributed by atoms with Gasteiger partial charge < -0.3 is 20.7 Å². The Hall–Kier alpha value is -3.16. The van der Waals surface area contributed by atoms with Crippen LogP contribution in [-0.2, 0) is 4.79 Å². The SMILES string of the molecule is CC(C)(C)NC(=O)C[C@H]1CC[C@H](c2ccc(N3CCOc4ncnc(N)c4C3=O)cc2)CC1. The Morgan fingerprint density at radius 2 is 1.85 bits per heavy atom. The van der Waals surface area contributed by atoms with Gasteiger partial charge in [-0.15, -0.1) is 0 Å². The van der Waals surface area contributed by atoms with Crippen molar-refractivity contribution >= 4 is 23.3 Å². The summed E-state index contributed by atoms with van der Waals surface area (Å²) in [4.78, 5) is 35.0. The van der Waals surface area contributed by atoms with E-state index in [1.165, 1.54) is 11.9 Å². The maximum atomic E-state index is 13.1. The Balaban J connectivity index is 1.38. The lowest BCUT2D eigenvalue weighted by molar-refractivity contribution is -0.123. The van der Waals surface area contributed by atoms with E-state index in [2.05, 4.69) is 27.4 Å². The number of hydrogen-bond acceptors (Lipinski definition) is 6. The molecule has 1 aromatic heterocycles. The molecule has 0 atom stereocenters. The number of ether oxygens (including phenoxy) is 1. The fraction of sp³-hybridized carbons (Fsp3) is 0.520. The van der Waals surface area contributed by atoms with E-state index in [0.717, 1.165) is 31.4 Å². The molecule has 1 aliphatic carbocycles. The van der Waals surface area contributed by atoms with Gasteiger partial charge in [-0.2, -0.15) is 0 Å². The predicted octanol–water partition coefficient (Wildman–Crippen LogP) is 3.68. The molecule has 1 aliphatic heterocycles. The summed E-state index contributed by atoms with van der Waals surface area (Å²) in [6.07, 6.45) is 6.17. The van der Waals surface area contributed by atoms with E-state index >= 15 is 0 Å². The highest BCUT2D eigenvalue weighted by atomic mass is 16.5. The lowest BCUT2D eigenvalue weighted by atomic mass is 9.77. The minimum absolute atomic E-state index is 0.126. The summed E-state index contributed by atoms with van der Waals surface area (Å²) in [6, 6.07) is 8.19. The van der Waals surface area contributed by atoms with Crippen LogP contribution in [0.2, 0.25) is 0 Å². The van der Waals surface area contributed by atoms with Crippen LogP contribution in [0.1, 0.15) is 74.7 Å². The molecule has 2 amide bonds. The molecule has 0 bridgehead atoms. The number of nitrogens with two attached hydrogens (primary N) is 1. The van der Waals surface area contributed by atoms with Crippen molar-refractivity contribution in [1.82, 2.24) is 15.3 Å². The molecular weight excluding hydrogens is 418 g/mol. The van der Waals surface area contributed by atoms with Gasteiger partial charge in [0.25, 0.3) is 5.91 Å². The summed E-state index contributed by atoms with van der Waals surface area (Å²) >= 11 is 0. The van der Waals surface area contributed by atoms with Crippen molar-refractivity contribution in [1.29, 1.82) is 0 Å². The van der Waals surface area contributed by atoms with Crippen LogP contribution in [-0.4, -0.2) is 40.5 Å². The standard InChI is InChI=1S/C25H33N5O3/c1-25(2,3)29-20(31)14-16-4-6-17(7-5-16)18-8-10-19(11-9-18)30-12-13-33-23-21(24(30)32)22(26)27-15-28-23/h8-11,15-17H,4-7,12-14H2,1-3H3,(H,29,31)(H2,26,27,28)/t16-,17-. The van der Waals surface area contributed by atoms with Gasteiger partial charge in [-0.3, -0.25) is 9.59 Å². The minimum Gasteiger partial charge on any atom is -0.475 e. The smallest absolute Gasteiger partial charge is 0.267 e. The van der Waals surface area contributed by atoms with E-state index in [1.54, 1.807) is 4.90 Å². The van der Waals surface area contributed by atoms with Crippen LogP contribution in [0.25, 0.3) is 0 Å². The molecule has 0 unspecified atom stereocenters. The normalized spacial score (nSPS) is 21.1. The van der Waals surface area contributed by atoms with Gasteiger partial charge >= 0.3 is 0 Å². The fourth-order valence-corrected chi connectivity index (χ4v) is 4.77. The lowest BCUT2D eigenvalue weighted by Crippen LogP contribution is -2.41. The molecule has 1 saturated carbocycles. The molecule has 0 saturated heterocycles. The van der Waals surface area contributed by atoms with Crippen molar-refractivity contribution in [2.75, 3.05) is 23.8 Å². The first-order valence-electron chi connectivity index (χ1n) is 11.7. The molecular formula is C25H33N5O3. The maximum Gasteiger partial charge on any atom is 0.267 e. The third-order valence-corrected chi connectivity index (χ3v) is 6.37. The van der Waals surface area contributed by atoms with Crippen LogP contribution in [0.15, 0.2) is 30.6 Å². The highest BCUT2D eigenvalue weighted by Crippen LogP contribution is 2.38. The number of rotatable bonds is 4. The Morgan fingerprint density at radius 1 is 1.15 bits per heavy atom. The maximum absolute atomic E-state index is 13.1. The van der Waals surface area contributed by atoms with E-state index in [9.17, 15) is 9.59 Å². The van der Waals surface area contributed by atoms with Crippen molar-refractivity contribution in [2.45, 2.75) is 64.3 Å². The van der Waals surface area contributed by atoms with E-state index in [4.69, 9.17) is 10.5 Å². The fourth-order valence-electron chi connectivity index (χ4n) is 4.77. The number of amides is 2. The van der Waals surface area contributed by atoms with Gasteiger partial charge in [0.15, 0.2) is 0 Å². The summed E-state index contributed by atoms with van der Waals surface area (Å²) in [5.74, 6) is 1.19. The number of nitrogens with zero attached hydrogens (tertiary/aromatic N) is 3. The van der Waals surface area contributed by atoms with Gasteiger partial charge in [0.05, 0.1) is 6.54 Å². The summed E-state index contributed by atoms with van der Waals surface area (Å²) in [6.45, 7) is 6.79. The third-order valence-electron chi connectivity index (χ3n) is 6.37. The molecule has 4 rings (SSSR count). The van der Waals surface area contributed by atoms with Gasteiger partial charge in [-0.25, -0.2) is 9.97 Å². The number of fused-ring (bicyclic) bond motifs is 1. The van der Waals surface area contributed by atoms with Gasteiger partial charge in [0.1, 0.15) is 24.3 Å². The number of nitrogens with one attached hydrogen (secondary N) is 1. The molecule has 2 heterocycles. The summed E-state index contributed by atoms with van der Waals surface area (Å²) in [5.41, 5.74) is 8.04. The second-order valence-corrected chi connectivity index (χ2v) is 10.1. The van der Waals surface area contributed by atoms with Crippen molar-refractivity contribution in [3.63, 3.8) is 0 Å². The number of nitrogen functional groups attached to an aromatic ring is 1. The van der Waals surface area contributed by atoms with E-state index < -0.39 is 0 Å². The summed E-state index contributed by atoms with van der Waals surface area (Å²) in [7, 11) is 0. The Labute approximate surface area is 194 Å².